The van der Waals surface area contributed by atoms with Gasteiger partial charge in [0.1, 0.15) is 5.82 Å². The quantitative estimate of drug-likeness (QED) is 0.801. The Kier molecular flexibility index (Phi) is 5.03. The Hall–Kier alpha value is -2.37. The van der Waals surface area contributed by atoms with E-state index in [-0.39, 0.29) is 5.82 Å². The lowest BCUT2D eigenvalue weighted by molar-refractivity contribution is 0.145. The highest BCUT2D eigenvalue weighted by molar-refractivity contribution is 5.83. The van der Waals surface area contributed by atoms with Crippen LogP contribution in [-0.4, -0.2) is 49.3 Å². The van der Waals surface area contributed by atoms with Crippen molar-refractivity contribution in [3.8, 4) is 0 Å². The van der Waals surface area contributed by atoms with E-state index in [2.05, 4.69) is 46.5 Å². The Morgan fingerprint density at radius 3 is 2.80 bits per heavy atom. The number of aliphatic hydroxyl groups excluding tert-OH is 1. The predicted molar refractivity (Wildman–Crippen MR) is 120 cm³/mol. The molecule has 5 heteroatoms. The topological polar surface area (TPSA) is 30.0 Å². The Morgan fingerprint density at radius 2 is 2.00 bits per heavy atom. The zero-order valence-electron chi connectivity index (χ0n) is 17.6. The molecule has 0 unspecified atom stereocenters. The first-order chi connectivity index (χ1) is 14.5. The fourth-order valence-corrected chi connectivity index (χ4v) is 5.52. The molecule has 4 nitrogen and oxygen atoms in total. The number of hydrogen-bond donors (Lipinski definition) is 1. The summed E-state index contributed by atoms with van der Waals surface area (Å²) in [5.41, 5.74) is 6.14. The van der Waals surface area contributed by atoms with Crippen LogP contribution >= 0.6 is 0 Å². The largest absolute Gasteiger partial charge is 0.388 e. The molecule has 0 aliphatic carbocycles. The van der Waals surface area contributed by atoms with Crippen LogP contribution < -0.4 is 9.80 Å². The van der Waals surface area contributed by atoms with Crippen LogP contribution in [0.1, 0.15) is 42.4 Å². The lowest BCUT2D eigenvalue weighted by Crippen LogP contribution is -2.48. The monoisotopic (exact) mass is 407 g/mol. The summed E-state index contributed by atoms with van der Waals surface area (Å²) < 4.78 is 13.1. The number of piperidine rings is 1. The maximum atomic E-state index is 13.1. The number of rotatable bonds is 5. The number of halogens is 1. The molecule has 0 spiro atoms. The van der Waals surface area contributed by atoms with Crippen molar-refractivity contribution in [2.45, 2.75) is 37.3 Å². The van der Waals surface area contributed by atoms with Crippen LogP contribution in [0.25, 0.3) is 0 Å². The Morgan fingerprint density at radius 1 is 1.20 bits per heavy atom. The van der Waals surface area contributed by atoms with Crippen molar-refractivity contribution in [1.82, 2.24) is 4.90 Å². The number of benzene rings is 2. The number of hydrogen-bond acceptors (Lipinski definition) is 4. The zero-order valence-corrected chi connectivity index (χ0v) is 17.6. The van der Waals surface area contributed by atoms with Gasteiger partial charge in [-0.25, -0.2) is 4.39 Å². The van der Waals surface area contributed by atoms with Crippen LogP contribution in [0.4, 0.5) is 15.8 Å². The van der Waals surface area contributed by atoms with Crippen LogP contribution in [0.2, 0.25) is 0 Å². The van der Waals surface area contributed by atoms with Gasteiger partial charge in [0.2, 0.25) is 0 Å². The molecule has 5 rings (SSSR count). The van der Waals surface area contributed by atoms with Gasteiger partial charge in [-0.3, -0.25) is 0 Å². The molecule has 3 atom stereocenters. The fraction of sp³-hybridized carbons (Fsp3) is 0.440. The standard InChI is InChI=1S/C25H30FN3O/c1-17-15-29-22-12-14-28(13-4-7-24(30)18-8-10-19(26)11-9-18)16-21(22)20-5-3-6-23(25(20)29)27(17)2/h3,5-6,8-11,21-22,24,30H,1,4,7,12-16H2,2H3/t21-,22-,24+/m0/s1. The van der Waals surface area contributed by atoms with Crippen molar-refractivity contribution in [2.24, 2.45) is 0 Å². The number of anilines is 2. The Bertz CT molecular complexity index is 944. The minimum atomic E-state index is -0.524. The summed E-state index contributed by atoms with van der Waals surface area (Å²) in [5.74, 6) is 0.275. The van der Waals surface area contributed by atoms with Gasteiger partial charge in [-0.2, -0.15) is 0 Å². The Balaban J connectivity index is 1.23. The highest BCUT2D eigenvalue weighted by Crippen LogP contribution is 2.51. The van der Waals surface area contributed by atoms with Crippen molar-refractivity contribution in [2.75, 3.05) is 43.0 Å². The molecule has 3 aliphatic rings. The van der Waals surface area contributed by atoms with Crippen molar-refractivity contribution in [1.29, 1.82) is 0 Å². The summed E-state index contributed by atoms with van der Waals surface area (Å²) in [6.07, 6.45) is 2.28. The predicted octanol–water partition coefficient (Wildman–Crippen LogP) is 4.28. The first kappa shape index (κ1) is 19.6. The minimum absolute atomic E-state index is 0.262. The number of para-hydroxylation sites is 1. The van der Waals surface area contributed by atoms with Gasteiger partial charge >= 0.3 is 0 Å². The van der Waals surface area contributed by atoms with E-state index in [1.807, 2.05) is 0 Å². The van der Waals surface area contributed by atoms with Crippen LogP contribution in [0.15, 0.2) is 54.7 Å². The molecular weight excluding hydrogens is 377 g/mol. The third-order valence-electron chi connectivity index (χ3n) is 7.19. The molecule has 1 saturated heterocycles. The van der Waals surface area contributed by atoms with Gasteiger partial charge in [-0.1, -0.05) is 30.8 Å². The van der Waals surface area contributed by atoms with Gasteiger partial charge < -0.3 is 19.8 Å². The summed E-state index contributed by atoms with van der Waals surface area (Å²) in [5, 5.41) is 10.4. The van der Waals surface area contributed by atoms with Crippen molar-refractivity contribution < 1.29 is 9.50 Å². The van der Waals surface area contributed by atoms with E-state index in [4.69, 9.17) is 0 Å². The van der Waals surface area contributed by atoms with E-state index < -0.39 is 6.10 Å². The van der Waals surface area contributed by atoms with E-state index in [9.17, 15) is 9.50 Å². The van der Waals surface area contributed by atoms with E-state index in [1.165, 1.54) is 29.1 Å². The molecule has 3 heterocycles. The molecule has 0 saturated carbocycles. The third kappa shape index (κ3) is 3.30. The number of fused-ring (bicyclic) bond motifs is 3. The molecule has 0 amide bonds. The molecule has 1 fully saturated rings. The van der Waals surface area contributed by atoms with Crippen molar-refractivity contribution in [3.05, 3.63) is 71.7 Å². The second-order valence-electron chi connectivity index (χ2n) is 8.94. The third-order valence-corrected chi connectivity index (χ3v) is 7.19. The second kappa shape index (κ2) is 7.71. The molecule has 30 heavy (non-hydrogen) atoms. The first-order valence-electron chi connectivity index (χ1n) is 11.0. The molecule has 3 aliphatic heterocycles. The second-order valence-corrected chi connectivity index (χ2v) is 8.94. The van der Waals surface area contributed by atoms with Gasteiger partial charge in [-0.05, 0) is 55.1 Å². The minimum Gasteiger partial charge on any atom is -0.388 e. The van der Waals surface area contributed by atoms with Gasteiger partial charge in [0, 0.05) is 37.8 Å². The maximum absolute atomic E-state index is 13.1. The Labute approximate surface area is 178 Å². The van der Waals surface area contributed by atoms with Crippen LogP contribution in [0.3, 0.4) is 0 Å². The van der Waals surface area contributed by atoms with Crippen LogP contribution in [0, 0.1) is 5.82 Å². The lowest BCUT2D eigenvalue weighted by Gasteiger charge is -2.42. The van der Waals surface area contributed by atoms with E-state index in [0.29, 0.717) is 18.4 Å². The summed E-state index contributed by atoms with van der Waals surface area (Å²) in [6.45, 7) is 8.36. The van der Waals surface area contributed by atoms with E-state index >= 15 is 0 Å². The summed E-state index contributed by atoms with van der Waals surface area (Å²) in [4.78, 5) is 7.38. The average Bonchev–Trinajstić information content (AvgIpc) is 3.06. The molecule has 0 aromatic heterocycles. The van der Waals surface area contributed by atoms with Crippen LogP contribution in [0.5, 0.6) is 0 Å². The molecule has 0 bridgehead atoms. The molecule has 0 radical (unpaired) electrons. The molecule has 158 valence electrons. The lowest BCUT2D eigenvalue weighted by atomic mass is 9.89. The normalized spacial score (nSPS) is 24.0. The smallest absolute Gasteiger partial charge is 0.123 e. The van der Waals surface area contributed by atoms with E-state index in [0.717, 1.165) is 50.3 Å². The summed E-state index contributed by atoms with van der Waals surface area (Å²) >= 11 is 0. The number of aliphatic hydroxyl groups is 1. The average molecular weight is 408 g/mol. The molecule has 1 N–H and O–H groups in total. The highest BCUT2D eigenvalue weighted by atomic mass is 19.1. The first-order valence-corrected chi connectivity index (χ1v) is 11.0. The van der Waals surface area contributed by atoms with Crippen molar-refractivity contribution in [3.63, 3.8) is 0 Å². The highest BCUT2D eigenvalue weighted by Gasteiger charge is 2.45. The molecular formula is C25H30FN3O. The van der Waals surface area contributed by atoms with Crippen molar-refractivity contribution >= 4 is 11.4 Å². The summed E-state index contributed by atoms with van der Waals surface area (Å²) in [7, 11) is 2.12. The molecule has 2 aromatic rings. The number of nitrogens with zero attached hydrogens (tertiary/aromatic N) is 3. The number of likely N-dealkylation sites (tertiary alicyclic amines) is 1. The fourth-order valence-electron chi connectivity index (χ4n) is 5.52. The van der Waals surface area contributed by atoms with Gasteiger partial charge in [0.05, 0.1) is 24.0 Å². The maximum Gasteiger partial charge on any atom is 0.123 e. The number of likely N-dealkylation sites (N-methyl/N-ethyl adjacent to an activating group) is 1. The van der Waals surface area contributed by atoms with E-state index in [1.54, 1.807) is 12.1 Å². The summed E-state index contributed by atoms with van der Waals surface area (Å²) in [6, 6.07) is 13.5. The zero-order chi connectivity index (χ0) is 20.8. The van der Waals surface area contributed by atoms with Gasteiger partial charge in [-0.15, -0.1) is 0 Å². The molecule has 2 aromatic carbocycles. The van der Waals surface area contributed by atoms with Gasteiger partial charge in [0.25, 0.3) is 0 Å². The van der Waals surface area contributed by atoms with Gasteiger partial charge in [0.15, 0.2) is 0 Å². The SMILES string of the molecule is C=C1CN2c3c(cccc3N1C)[C@@H]1CN(CCC[C@@H](O)c3ccc(F)cc3)CC[C@@H]12. The van der Waals surface area contributed by atoms with Crippen LogP contribution in [-0.2, 0) is 0 Å².